The number of β-amino-alcohol motifs (C(OH)–C–C–N with tert-alkyl or cyclic N) is 1. The Morgan fingerprint density at radius 3 is 2.71 bits per heavy atom. The van der Waals surface area contributed by atoms with E-state index in [1.807, 2.05) is 11.8 Å². The van der Waals surface area contributed by atoms with Crippen molar-refractivity contribution in [3.8, 4) is 23.0 Å². The van der Waals surface area contributed by atoms with E-state index in [0.717, 1.165) is 6.42 Å². The Morgan fingerprint density at radius 1 is 1.20 bits per heavy atom. The van der Waals surface area contributed by atoms with Crippen molar-refractivity contribution in [1.29, 1.82) is 0 Å². The zero-order chi connectivity index (χ0) is 24.9. The Balaban J connectivity index is 1.77. The first kappa shape index (κ1) is 23.2. The number of phenols is 1. The molecular weight excluding hydrogens is 454 g/mol. The van der Waals surface area contributed by atoms with Crippen LogP contribution in [0, 0.1) is 11.6 Å². The molecule has 4 aromatic rings. The van der Waals surface area contributed by atoms with Crippen molar-refractivity contribution in [1.82, 2.24) is 15.0 Å². The van der Waals surface area contributed by atoms with Gasteiger partial charge in [0.15, 0.2) is 5.82 Å². The quantitative estimate of drug-likeness (QED) is 0.436. The van der Waals surface area contributed by atoms with Crippen LogP contribution in [-0.2, 0) is 6.42 Å². The Hall–Kier alpha value is -3.59. The first-order valence-corrected chi connectivity index (χ1v) is 11.5. The number of nitrogens with zero attached hydrogens (tertiary/aromatic N) is 4. The molecule has 1 atom stereocenters. The van der Waals surface area contributed by atoms with Crippen LogP contribution >= 0.6 is 0 Å². The molecule has 35 heavy (non-hydrogen) atoms. The number of aromatic nitrogens is 3. The molecule has 1 saturated heterocycles. The van der Waals surface area contributed by atoms with Gasteiger partial charge in [0.25, 0.3) is 0 Å². The normalized spacial score (nSPS) is 18.4. The number of hydrogen-bond donors (Lipinski definition) is 2. The Bertz CT molecular complexity index is 1460. The van der Waals surface area contributed by atoms with Crippen LogP contribution in [0.4, 0.5) is 14.6 Å². The summed E-state index contributed by atoms with van der Waals surface area (Å²) in [6.07, 6.45) is 3.26. The number of aliphatic hydroxyl groups is 1. The molecule has 5 rings (SSSR count). The number of phenolic OH excluding ortho intramolecular Hbond substituents is 1. The molecule has 0 unspecified atom stereocenters. The molecule has 7 nitrogen and oxygen atoms in total. The third-order valence-corrected chi connectivity index (χ3v) is 6.56. The summed E-state index contributed by atoms with van der Waals surface area (Å²) in [7, 11) is 1.40. The minimum atomic E-state index is -0.907. The van der Waals surface area contributed by atoms with Crippen molar-refractivity contribution >= 4 is 27.5 Å². The topological polar surface area (TPSA) is 91.6 Å². The second-order valence-corrected chi connectivity index (χ2v) is 9.21. The average molecular weight is 481 g/mol. The fourth-order valence-corrected chi connectivity index (χ4v) is 4.97. The van der Waals surface area contributed by atoms with E-state index in [1.54, 1.807) is 13.0 Å². The summed E-state index contributed by atoms with van der Waals surface area (Å²) < 4.78 is 36.0. The lowest BCUT2D eigenvalue weighted by molar-refractivity contribution is 0.0447. The van der Waals surface area contributed by atoms with Crippen LogP contribution in [0.2, 0.25) is 0 Å². The van der Waals surface area contributed by atoms with E-state index in [4.69, 9.17) is 4.74 Å². The fraction of sp³-hybridized carbons (Fsp3) is 0.346. The summed E-state index contributed by atoms with van der Waals surface area (Å²) in [5.41, 5.74) is -0.286. The average Bonchev–Trinajstić information content (AvgIpc) is 2.83. The number of ether oxygens (including phenoxy) is 1. The van der Waals surface area contributed by atoms with E-state index in [1.165, 1.54) is 31.5 Å². The predicted octanol–water partition coefficient (Wildman–Crippen LogP) is 4.75. The minimum Gasteiger partial charge on any atom is -0.508 e. The van der Waals surface area contributed by atoms with Crippen LogP contribution in [0.25, 0.3) is 32.9 Å². The minimum absolute atomic E-state index is 0.00647. The SMILES string of the molecule is CCc1c(F)ccc2cc(O)cc(-c3ncc4c(N5CCC[C@](C)(O)C5)nc(OC)nc4c3F)c12. The number of hydrogen-bond acceptors (Lipinski definition) is 7. The van der Waals surface area contributed by atoms with Crippen molar-refractivity contribution in [3.05, 3.63) is 47.7 Å². The number of aromatic hydroxyl groups is 1. The first-order valence-electron chi connectivity index (χ1n) is 11.5. The lowest BCUT2D eigenvalue weighted by Gasteiger charge is -2.37. The van der Waals surface area contributed by atoms with E-state index in [0.29, 0.717) is 53.5 Å². The van der Waals surface area contributed by atoms with Crippen molar-refractivity contribution in [2.45, 2.75) is 38.7 Å². The van der Waals surface area contributed by atoms with Crippen molar-refractivity contribution in [2.75, 3.05) is 25.1 Å². The van der Waals surface area contributed by atoms with Gasteiger partial charge in [-0.25, -0.2) is 8.78 Å². The monoisotopic (exact) mass is 480 g/mol. The maximum Gasteiger partial charge on any atom is 0.318 e. The lowest BCUT2D eigenvalue weighted by Crippen LogP contribution is -2.46. The second-order valence-electron chi connectivity index (χ2n) is 9.21. The molecule has 0 bridgehead atoms. The maximum absolute atomic E-state index is 16.1. The van der Waals surface area contributed by atoms with Gasteiger partial charge in [-0.1, -0.05) is 13.0 Å². The van der Waals surface area contributed by atoms with Crippen LogP contribution in [0.5, 0.6) is 11.8 Å². The number of pyridine rings is 1. The highest BCUT2D eigenvalue weighted by Crippen LogP contribution is 2.39. The van der Waals surface area contributed by atoms with Crippen LogP contribution in [0.1, 0.15) is 32.3 Å². The molecule has 0 radical (unpaired) electrons. The predicted molar refractivity (Wildman–Crippen MR) is 130 cm³/mol. The van der Waals surface area contributed by atoms with Gasteiger partial charge in [-0.2, -0.15) is 9.97 Å². The van der Waals surface area contributed by atoms with Crippen molar-refractivity contribution in [3.63, 3.8) is 0 Å². The number of benzene rings is 2. The Labute approximate surface area is 201 Å². The van der Waals surface area contributed by atoms with E-state index >= 15 is 4.39 Å². The van der Waals surface area contributed by atoms with E-state index < -0.39 is 17.2 Å². The van der Waals surface area contributed by atoms with Gasteiger partial charge in [-0.05, 0) is 60.7 Å². The molecule has 9 heteroatoms. The van der Waals surface area contributed by atoms with Crippen molar-refractivity contribution in [2.24, 2.45) is 0 Å². The molecule has 0 amide bonds. The fourth-order valence-electron chi connectivity index (χ4n) is 4.97. The summed E-state index contributed by atoms with van der Waals surface area (Å²) in [5, 5.41) is 22.4. The molecule has 0 saturated carbocycles. The summed E-state index contributed by atoms with van der Waals surface area (Å²) in [6.45, 7) is 4.53. The molecular formula is C26H26F2N4O3. The summed E-state index contributed by atoms with van der Waals surface area (Å²) >= 11 is 0. The molecule has 1 fully saturated rings. The Kier molecular flexibility index (Phi) is 5.67. The largest absolute Gasteiger partial charge is 0.508 e. The number of piperidine rings is 1. The molecule has 3 heterocycles. The zero-order valence-electron chi connectivity index (χ0n) is 19.8. The highest BCUT2D eigenvalue weighted by Gasteiger charge is 2.31. The van der Waals surface area contributed by atoms with Gasteiger partial charge in [0.2, 0.25) is 0 Å². The van der Waals surface area contributed by atoms with E-state index in [2.05, 4.69) is 15.0 Å². The highest BCUT2D eigenvalue weighted by molar-refractivity contribution is 6.01. The second kappa shape index (κ2) is 8.57. The number of rotatable bonds is 4. The number of anilines is 1. The molecule has 2 aromatic carbocycles. The summed E-state index contributed by atoms with van der Waals surface area (Å²) in [4.78, 5) is 15.0. The van der Waals surface area contributed by atoms with Crippen molar-refractivity contribution < 1.29 is 23.7 Å². The maximum atomic E-state index is 16.1. The number of fused-ring (bicyclic) bond motifs is 2. The molecule has 0 aliphatic carbocycles. The van der Waals surface area contributed by atoms with Gasteiger partial charge in [-0.15, -0.1) is 0 Å². The van der Waals surface area contributed by atoms with Gasteiger partial charge in [0, 0.05) is 24.8 Å². The molecule has 1 aliphatic heterocycles. The highest BCUT2D eigenvalue weighted by atomic mass is 19.1. The first-order chi connectivity index (χ1) is 16.7. The molecule has 0 spiro atoms. The third kappa shape index (κ3) is 3.99. The van der Waals surface area contributed by atoms with Crippen LogP contribution in [0.15, 0.2) is 30.5 Å². The number of aryl methyl sites for hydroxylation is 1. The van der Waals surface area contributed by atoms with Crippen LogP contribution in [0.3, 0.4) is 0 Å². The number of methoxy groups -OCH3 is 1. The van der Waals surface area contributed by atoms with Gasteiger partial charge in [0.1, 0.15) is 28.6 Å². The number of halogens is 2. The van der Waals surface area contributed by atoms with E-state index in [9.17, 15) is 14.6 Å². The van der Waals surface area contributed by atoms with E-state index in [-0.39, 0.29) is 28.5 Å². The standard InChI is InChI=1S/C26H26F2N4O3/c1-4-16-19(27)7-6-14-10-15(33)11-17(20(14)16)22-21(28)23-18(12-29-22)24(31-25(30-23)35-3)32-9-5-8-26(2,34)13-32/h6-7,10-12,33-34H,4-5,8-9,13H2,1-3H3/t26-/m0/s1. The van der Waals surface area contributed by atoms with Gasteiger partial charge in [-0.3, -0.25) is 4.98 Å². The molecule has 182 valence electrons. The summed E-state index contributed by atoms with van der Waals surface area (Å²) in [6, 6.07) is 5.78. The smallest absolute Gasteiger partial charge is 0.318 e. The Morgan fingerprint density at radius 2 is 2.00 bits per heavy atom. The molecule has 1 aliphatic rings. The summed E-state index contributed by atoms with van der Waals surface area (Å²) in [5.74, 6) is -0.798. The lowest BCUT2D eigenvalue weighted by atomic mass is 9.94. The van der Waals surface area contributed by atoms with Crippen LogP contribution < -0.4 is 9.64 Å². The van der Waals surface area contributed by atoms with Gasteiger partial charge < -0.3 is 19.8 Å². The van der Waals surface area contributed by atoms with Crippen LogP contribution in [-0.4, -0.2) is 51.0 Å². The molecule has 2 N–H and O–H groups in total. The zero-order valence-corrected chi connectivity index (χ0v) is 19.8. The van der Waals surface area contributed by atoms with Gasteiger partial charge >= 0.3 is 6.01 Å². The van der Waals surface area contributed by atoms with Gasteiger partial charge in [0.05, 0.1) is 18.1 Å². The molecule has 2 aromatic heterocycles. The third-order valence-electron chi connectivity index (χ3n) is 6.56.